The second-order valence-corrected chi connectivity index (χ2v) is 6.54. The minimum absolute atomic E-state index is 0.141. The zero-order valence-corrected chi connectivity index (χ0v) is 12.3. The van der Waals surface area contributed by atoms with Gasteiger partial charge in [-0.2, -0.15) is 0 Å². The van der Waals surface area contributed by atoms with Gasteiger partial charge in [0.15, 0.2) is 0 Å². The van der Waals surface area contributed by atoms with Crippen LogP contribution in [0.1, 0.15) is 53.4 Å². The number of rotatable bonds is 6. The van der Waals surface area contributed by atoms with Gasteiger partial charge in [-0.3, -0.25) is 0 Å². The lowest BCUT2D eigenvalue weighted by Gasteiger charge is -2.28. The van der Waals surface area contributed by atoms with E-state index in [0.717, 1.165) is 18.8 Å². The summed E-state index contributed by atoms with van der Waals surface area (Å²) in [5, 5.41) is 14.6. The lowest BCUT2D eigenvalue weighted by molar-refractivity contribution is -0.141. The molecule has 0 aromatic carbocycles. The van der Waals surface area contributed by atoms with Gasteiger partial charge >= 0.3 is 12.0 Å². The monoisotopic (exact) mass is 270 g/mol. The Balaban J connectivity index is 2.49. The van der Waals surface area contributed by atoms with Crippen molar-refractivity contribution in [2.24, 2.45) is 11.3 Å². The third-order valence-electron chi connectivity index (χ3n) is 3.53. The van der Waals surface area contributed by atoms with Crippen LogP contribution in [0.4, 0.5) is 4.79 Å². The first-order valence-corrected chi connectivity index (χ1v) is 7.03. The van der Waals surface area contributed by atoms with Gasteiger partial charge < -0.3 is 15.7 Å². The molecular weight excluding hydrogens is 244 g/mol. The van der Waals surface area contributed by atoms with Crippen molar-refractivity contribution in [3.8, 4) is 0 Å². The quantitative estimate of drug-likeness (QED) is 0.693. The number of carboxylic acid groups (broad SMARTS) is 1. The highest BCUT2D eigenvalue weighted by Crippen LogP contribution is 2.34. The number of aliphatic carboxylic acids is 1. The van der Waals surface area contributed by atoms with Crippen molar-refractivity contribution in [3.63, 3.8) is 0 Å². The van der Waals surface area contributed by atoms with Gasteiger partial charge in [-0.25, -0.2) is 9.59 Å². The number of hydrogen-bond donors (Lipinski definition) is 3. The van der Waals surface area contributed by atoms with Gasteiger partial charge in [-0.15, -0.1) is 0 Å². The summed E-state index contributed by atoms with van der Waals surface area (Å²) in [4.78, 5) is 23.1. The maximum Gasteiger partial charge on any atom is 0.326 e. The number of carboxylic acids is 1. The smallest absolute Gasteiger partial charge is 0.326 e. The van der Waals surface area contributed by atoms with Gasteiger partial charge in [-0.05, 0) is 24.2 Å². The summed E-state index contributed by atoms with van der Waals surface area (Å²) < 4.78 is 0. The lowest BCUT2D eigenvalue weighted by atomic mass is 9.87. The van der Waals surface area contributed by atoms with Gasteiger partial charge in [0.25, 0.3) is 0 Å². The predicted octanol–water partition coefficient (Wildman–Crippen LogP) is 2.36. The highest BCUT2D eigenvalue weighted by molar-refractivity contribution is 5.83. The number of carbonyl (C=O) groups is 2. The van der Waals surface area contributed by atoms with Crippen LogP contribution in [-0.2, 0) is 4.79 Å². The maximum absolute atomic E-state index is 11.9. The first-order valence-electron chi connectivity index (χ1n) is 7.03. The normalized spacial score (nSPS) is 18.5. The first-order chi connectivity index (χ1) is 8.74. The van der Waals surface area contributed by atoms with Gasteiger partial charge in [0, 0.05) is 6.04 Å². The van der Waals surface area contributed by atoms with Crippen molar-refractivity contribution in [1.29, 1.82) is 0 Å². The average Bonchev–Trinajstić information content (AvgIpc) is 3.06. The van der Waals surface area contributed by atoms with Crippen LogP contribution in [0, 0.1) is 11.3 Å². The molecule has 0 saturated heterocycles. The van der Waals surface area contributed by atoms with E-state index in [0.29, 0.717) is 0 Å². The number of hydrogen-bond acceptors (Lipinski definition) is 2. The van der Waals surface area contributed by atoms with Gasteiger partial charge in [0.2, 0.25) is 0 Å². The zero-order valence-electron chi connectivity index (χ0n) is 12.3. The largest absolute Gasteiger partial charge is 0.480 e. The molecule has 5 heteroatoms. The Labute approximate surface area is 115 Å². The molecule has 2 amide bonds. The van der Waals surface area contributed by atoms with Crippen LogP contribution in [-0.4, -0.2) is 29.2 Å². The Morgan fingerprint density at radius 2 is 1.84 bits per heavy atom. The molecular formula is C14H26N2O3. The van der Waals surface area contributed by atoms with Crippen molar-refractivity contribution < 1.29 is 14.7 Å². The van der Waals surface area contributed by atoms with Crippen LogP contribution in [0.15, 0.2) is 0 Å². The van der Waals surface area contributed by atoms with E-state index >= 15 is 0 Å². The van der Waals surface area contributed by atoms with E-state index in [-0.39, 0.29) is 12.1 Å². The molecule has 0 aromatic rings. The standard InChI is InChI=1S/C14H26N2O3/c1-5-10(8-9-6-7-9)15-13(19)16-11(12(17)18)14(2,3)4/h9-11H,5-8H2,1-4H3,(H,17,18)(H2,15,16,19)/t10?,11-/m1/s1. The van der Waals surface area contributed by atoms with Gasteiger partial charge in [0.05, 0.1) is 0 Å². The molecule has 0 aromatic heterocycles. The molecule has 0 radical (unpaired) electrons. The molecule has 0 spiro atoms. The summed E-state index contributed by atoms with van der Waals surface area (Å²) in [5.74, 6) is -0.263. The highest BCUT2D eigenvalue weighted by atomic mass is 16.4. The highest BCUT2D eigenvalue weighted by Gasteiger charge is 2.33. The molecule has 1 fully saturated rings. The Bertz CT molecular complexity index is 332. The molecule has 1 saturated carbocycles. The van der Waals surface area contributed by atoms with E-state index in [4.69, 9.17) is 5.11 Å². The van der Waals surface area contributed by atoms with Gasteiger partial charge in [0.1, 0.15) is 6.04 Å². The molecule has 0 aliphatic heterocycles. The van der Waals surface area contributed by atoms with E-state index in [1.54, 1.807) is 20.8 Å². The van der Waals surface area contributed by atoms with Crippen molar-refractivity contribution in [2.45, 2.75) is 65.5 Å². The Hall–Kier alpha value is -1.26. The predicted molar refractivity (Wildman–Crippen MR) is 74.0 cm³/mol. The van der Waals surface area contributed by atoms with E-state index in [2.05, 4.69) is 10.6 Å². The second-order valence-electron chi connectivity index (χ2n) is 6.54. The minimum Gasteiger partial charge on any atom is -0.480 e. The number of carbonyl (C=O) groups excluding carboxylic acids is 1. The molecule has 3 N–H and O–H groups in total. The topological polar surface area (TPSA) is 78.4 Å². The maximum atomic E-state index is 11.9. The van der Waals surface area contributed by atoms with Crippen molar-refractivity contribution >= 4 is 12.0 Å². The fourth-order valence-electron chi connectivity index (χ4n) is 2.09. The van der Waals surface area contributed by atoms with E-state index in [1.807, 2.05) is 6.92 Å². The molecule has 1 unspecified atom stereocenters. The molecule has 0 heterocycles. The molecule has 1 aliphatic carbocycles. The Morgan fingerprint density at radius 1 is 1.26 bits per heavy atom. The minimum atomic E-state index is -1.00. The summed E-state index contributed by atoms with van der Waals surface area (Å²) >= 11 is 0. The van der Waals surface area contributed by atoms with Gasteiger partial charge in [-0.1, -0.05) is 40.5 Å². The van der Waals surface area contributed by atoms with Crippen molar-refractivity contribution in [2.75, 3.05) is 0 Å². The molecule has 2 atom stereocenters. The molecule has 5 nitrogen and oxygen atoms in total. The van der Waals surface area contributed by atoms with E-state index in [9.17, 15) is 9.59 Å². The van der Waals surface area contributed by atoms with E-state index < -0.39 is 17.4 Å². The van der Waals surface area contributed by atoms with Crippen LogP contribution >= 0.6 is 0 Å². The third kappa shape index (κ3) is 5.49. The summed E-state index contributed by atoms with van der Waals surface area (Å²) in [5.41, 5.74) is -0.513. The SMILES string of the molecule is CCC(CC1CC1)NC(=O)N[C@H](C(=O)O)C(C)(C)C. The van der Waals surface area contributed by atoms with Crippen LogP contribution in [0.5, 0.6) is 0 Å². The second kappa shape index (κ2) is 6.26. The van der Waals surface area contributed by atoms with Crippen molar-refractivity contribution in [3.05, 3.63) is 0 Å². The molecule has 19 heavy (non-hydrogen) atoms. The van der Waals surface area contributed by atoms with Crippen LogP contribution in [0.25, 0.3) is 0 Å². The van der Waals surface area contributed by atoms with Crippen LogP contribution in [0.3, 0.4) is 0 Å². The van der Waals surface area contributed by atoms with Crippen LogP contribution < -0.4 is 10.6 Å². The zero-order chi connectivity index (χ0) is 14.6. The fraction of sp³-hybridized carbons (Fsp3) is 0.857. The first kappa shape index (κ1) is 15.8. The summed E-state index contributed by atoms with van der Waals surface area (Å²) in [6, 6.07) is -1.12. The molecule has 0 bridgehead atoms. The molecule has 1 rings (SSSR count). The Morgan fingerprint density at radius 3 is 2.21 bits per heavy atom. The number of amides is 2. The number of urea groups is 1. The van der Waals surface area contributed by atoms with Crippen molar-refractivity contribution in [1.82, 2.24) is 10.6 Å². The lowest BCUT2D eigenvalue weighted by Crippen LogP contribution is -2.53. The fourth-order valence-corrected chi connectivity index (χ4v) is 2.09. The molecule has 110 valence electrons. The average molecular weight is 270 g/mol. The Kier molecular flexibility index (Phi) is 5.20. The molecule has 1 aliphatic rings. The number of nitrogens with one attached hydrogen (secondary N) is 2. The van der Waals surface area contributed by atoms with Crippen LogP contribution in [0.2, 0.25) is 0 Å². The third-order valence-corrected chi connectivity index (χ3v) is 3.53. The van der Waals surface area contributed by atoms with E-state index in [1.165, 1.54) is 12.8 Å². The summed E-state index contributed by atoms with van der Waals surface area (Å²) in [6.07, 6.45) is 4.37. The summed E-state index contributed by atoms with van der Waals surface area (Å²) in [6.45, 7) is 7.43. The summed E-state index contributed by atoms with van der Waals surface area (Å²) in [7, 11) is 0.